The number of amides is 7. The maximum absolute atomic E-state index is 14.3. The maximum Gasteiger partial charge on any atom is 0.261 e. The van der Waals surface area contributed by atoms with E-state index in [-0.39, 0.29) is 125 Å². The minimum Gasteiger partial charge on any atom is -0.355 e. The van der Waals surface area contributed by atoms with Crippen LogP contribution in [0.1, 0.15) is 89.2 Å². The quantitative estimate of drug-likeness (QED) is 0.0855. The van der Waals surface area contributed by atoms with Gasteiger partial charge < -0.3 is 37.2 Å². The number of hydrogen-bond donors (Lipinski definition) is 5. The highest BCUT2D eigenvalue weighted by Crippen LogP contribution is 2.25. The summed E-state index contributed by atoms with van der Waals surface area (Å²) in [5.74, 6) is -4.52. The van der Waals surface area contributed by atoms with Crippen molar-refractivity contribution in [3.05, 3.63) is 176 Å². The van der Waals surface area contributed by atoms with Gasteiger partial charge in [-0.15, -0.1) is 12.4 Å². The van der Waals surface area contributed by atoms with Gasteiger partial charge in [-0.1, -0.05) is 42.5 Å². The van der Waals surface area contributed by atoms with Crippen LogP contribution in [0.2, 0.25) is 0 Å². The monoisotopic (exact) mass is 1130 g/mol. The molecule has 0 unspecified atom stereocenters. The Kier molecular flexibility index (Phi) is 27.7. The molecule has 7 N–H and O–H groups in total. The van der Waals surface area contributed by atoms with Gasteiger partial charge in [0.1, 0.15) is 17.5 Å². The lowest BCUT2D eigenvalue weighted by Gasteiger charge is -2.28. The molecule has 0 bridgehead atoms. The van der Waals surface area contributed by atoms with Gasteiger partial charge in [0.05, 0.1) is 38.9 Å². The van der Waals surface area contributed by atoms with Gasteiger partial charge in [-0.05, 0) is 125 Å². The van der Waals surface area contributed by atoms with Crippen LogP contribution in [-0.2, 0) is 19.3 Å². The summed E-state index contributed by atoms with van der Waals surface area (Å²) in [6.45, 7) is 0.731. The van der Waals surface area contributed by atoms with E-state index in [0.717, 1.165) is 10.5 Å². The predicted molar refractivity (Wildman–Crippen MR) is 304 cm³/mol. The number of rotatable bonds is 16. The molecular weight excluding hydrogens is 1060 g/mol. The number of hydrogen-bond acceptors (Lipinski definition) is 11. The van der Waals surface area contributed by atoms with Gasteiger partial charge in [0.15, 0.2) is 0 Å². The highest BCUT2D eigenvalue weighted by atomic mass is 35.5. The zero-order valence-electron chi connectivity index (χ0n) is 43.1. The zero-order valence-corrected chi connectivity index (χ0v) is 46.9. The minimum atomic E-state index is -0.644. The van der Waals surface area contributed by atoms with E-state index in [1.165, 1.54) is 62.4 Å². The first-order valence-corrected chi connectivity index (χ1v) is 22.9. The molecule has 5 aromatic rings. The smallest absolute Gasteiger partial charge is 0.261 e. The van der Waals surface area contributed by atoms with Gasteiger partial charge in [0, 0.05) is 58.9 Å². The third-order valence-corrected chi connectivity index (χ3v) is 12.3. The Labute approximate surface area is 468 Å². The Hall–Kier alpha value is -6.24. The fraction of sp³-hybridized carbons (Fsp3) is 0.302. The lowest BCUT2D eigenvalue weighted by atomic mass is 10.0. The van der Waals surface area contributed by atoms with Crippen LogP contribution < -0.4 is 27.4 Å². The summed E-state index contributed by atoms with van der Waals surface area (Å²) in [6.07, 6.45) is 1.35. The molecule has 7 rings (SSSR count). The van der Waals surface area contributed by atoms with E-state index in [1.807, 2.05) is 38.0 Å². The summed E-state index contributed by atoms with van der Waals surface area (Å²) >= 11 is 0. The Balaban J connectivity index is 0.000000568. The number of fused-ring (bicyclic) bond motifs is 2. The van der Waals surface area contributed by atoms with Gasteiger partial charge in [0.25, 0.3) is 41.4 Å². The fourth-order valence-electron chi connectivity index (χ4n) is 8.07. The molecule has 0 radical (unpaired) electrons. The molecule has 2 aliphatic rings. The molecule has 0 fully saturated rings. The highest BCUT2D eigenvalue weighted by molar-refractivity contribution is 7.59. The zero-order chi connectivity index (χ0) is 53.0. The van der Waals surface area contributed by atoms with Crippen LogP contribution in [0, 0.1) is 17.5 Å². The number of carbonyl (C=O) groups is 7. The second kappa shape index (κ2) is 31.1. The van der Waals surface area contributed by atoms with Crippen LogP contribution in [-0.4, -0.2) is 148 Å². The molecule has 0 aromatic heterocycles. The van der Waals surface area contributed by atoms with Crippen molar-refractivity contribution in [2.24, 2.45) is 11.5 Å². The van der Waals surface area contributed by atoms with Crippen molar-refractivity contribution >= 4 is 94.2 Å². The maximum atomic E-state index is 14.3. The summed E-state index contributed by atoms with van der Waals surface area (Å²) < 4.78 is 42.0. The predicted octanol–water partition coefficient (Wildman–Crippen LogP) is 4.68. The van der Waals surface area contributed by atoms with E-state index < -0.39 is 41.2 Å². The SMILES string of the molecule is CNC(=O)c1ccc(C[C@@H](CN)N(C)C)cc1F.CNC(=O)c1ccc(C[C@@H](CN2C(=O)c3ccccc3C2=O)N(C)C)cc1F.CNC(=O)c1ccc(C[C@H](N)CN2C(=O)c3ccccc3C2=O)cc1F.Cl.S.S.S. The molecule has 23 heteroatoms. The van der Waals surface area contributed by atoms with Crippen LogP contribution in [0.15, 0.2) is 103 Å². The summed E-state index contributed by atoms with van der Waals surface area (Å²) in [4.78, 5) is 90.7. The number of carbonyl (C=O) groups excluding carboxylic acids is 7. The normalized spacial score (nSPS) is 13.2. The van der Waals surface area contributed by atoms with Crippen molar-refractivity contribution in [1.29, 1.82) is 0 Å². The fourth-order valence-corrected chi connectivity index (χ4v) is 8.07. The van der Waals surface area contributed by atoms with Crippen molar-refractivity contribution < 1.29 is 46.7 Å². The van der Waals surface area contributed by atoms with Crippen LogP contribution >= 0.6 is 52.9 Å². The van der Waals surface area contributed by atoms with Crippen molar-refractivity contribution in [3.63, 3.8) is 0 Å². The first kappa shape index (κ1) is 67.8. The molecule has 2 heterocycles. The number of imide groups is 2. The molecule has 16 nitrogen and oxygen atoms in total. The number of nitrogens with zero attached hydrogens (tertiary/aromatic N) is 4. The Morgan fingerprint density at radius 2 is 0.789 bits per heavy atom. The van der Waals surface area contributed by atoms with Crippen molar-refractivity contribution in [2.75, 3.05) is 69.0 Å². The number of nitrogens with one attached hydrogen (secondary N) is 3. The number of halogens is 4. The van der Waals surface area contributed by atoms with E-state index in [4.69, 9.17) is 11.5 Å². The van der Waals surface area contributed by atoms with E-state index >= 15 is 0 Å². The molecule has 5 aromatic carbocycles. The Morgan fingerprint density at radius 3 is 1.07 bits per heavy atom. The van der Waals surface area contributed by atoms with Crippen LogP contribution in [0.4, 0.5) is 13.2 Å². The second-order valence-corrected chi connectivity index (χ2v) is 17.6. The molecule has 0 spiro atoms. The third-order valence-electron chi connectivity index (χ3n) is 12.3. The van der Waals surface area contributed by atoms with E-state index in [0.29, 0.717) is 52.8 Å². The summed E-state index contributed by atoms with van der Waals surface area (Å²) in [7, 11) is 11.9. The van der Waals surface area contributed by atoms with Crippen molar-refractivity contribution in [2.45, 2.75) is 37.4 Å². The summed E-state index contributed by atoms with van der Waals surface area (Å²) in [6, 6.07) is 26.1. The highest BCUT2D eigenvalue weighted by Gasteiger charge is 2.38. The molecule has 7 amide bonds. The third kappa shape index (κ3) is 16.6. The molecular formula is C53H67ClF3N9O7S3. The summed E-state index contributed by atoms with van der Waals surface area (Å²) in [5, 5.41) is 7.17. The standard InChI is InChI=1S/C21H22FN3O3.C19H18FN3O3.C13H20FN3O.ClH.3H2S/c1-23-19(26)17-9-8-13(11-18(17)22)10-14(24(2)3)12-25-20(27)15-6-4-5-7-16(15)21(25)28;1-22-17(24)15-7-6-11(9-16(15)20)8-12(21)10-23-18(25)13-4-2-3-5-14(13)19(23)26;1-16-13(18)11-5-4-9(7-12(11)14)6-10(8-15)17(2)3;;;;/h4-9,11,14H,10,12H2,1-3H3,(H,23,26);2-7,9,12H,8,10,21H2,1H3,(H,22,24);4-5,7,10H,6,8,15H2,1-3H3,(H,16,18);1H;3*1H2/t14-;12-;10-;;;;/m000..../s1. The first-order valence-electron chi connectivity index (χ1n) is 22.9. The van der Waals surface area contributed by atoms with Gasteiger partial charge in [-0.3, -0.25) is 43.4 Å². The van der Waals surface area contributed by atoms with Gasteiger partial charge >= 0.3 is 0 Å². The van der Waals surface area contributed by atoms with E-state index in [2.05, 4.69) is 16.0 Å². The van der Waals surface area contributed by atoms with Crippen molar-refractivity contribution in [3.8, 4) is 0 Å². The summed E-state index contributed by atoms with van der Waals surface area (Å²) in [5.41, 5.74) is 15.4. The van der Waals surface area contributed by atoms with Gasteiger partial charge in [0.2, 0.25) is 0 Å². The van der Waals surface area contributed by atoms with E-state index in [1.54, 1.807) is 66.7 Å². The topological polar surface area (TPSA) is 221 Å². The molecule has 2 aliphatic heterocycles. The second-order valence-electron chi connectivity index (χ2n) is 17.6. The first-order chi connectivity index (χ1) is 34.2. The lowest BCUT2D eigenvalue weighted by molar-refractivity contribution is 0.0606. The van der Waals surface area contributed by atoms with Crippen LogP contribution in [0.25, 0.3) is 0 Å². The van der Waals surface area contributed by atoms with Crippen LogP contribution in [0.5, 0.6) is 0 Å². The van der Waals surface area contributed by atoms with Crippen LogP contribution in [0.3, 0.4) is 0 Å². The molecule has 76 heavy (non-hydrogen) atoms. The van der Waals surface area contributed by atoms with Crippen molar-refractivity contribution in [1.82, 2.24) is 35.6 Å². The number of benzene rings is 5. The molecule has 412 valence electrons. The molecule has 3 atom stereocenters. The number of nitrogens with two attached hydrogens (primary N) is 2. The largest absolute Gasteiger partial charge is 0.355 e. The molecule has 0 saturated carbocycles. The molecule has 0 aliphatic carbocycles. The average molecular weight is 1130 g/mol. The minimum absolute atomic E-state index is 0. The number of likely N-dealkylation sites (N-methyl/N-ethyl adjacent to an activating group) is 2. The Morgan fingerprint density at radius 1 is 0.500 bits per heavy atom. The van der Waals surface area contributed by atoms with E-state index in [9.17, 15) is 46.7 Å². The van der Waals surface area contributed by atoms with Gasteiger partial charge in [-0.2, -0.15) is 40.5 Å². The lowest BCUT2D eigenvalue weighted by Crippen LogP contribution is -2.44. The average Bonchev–Trinajstić information content (AvgIpc) is 3.74. The van der Waals surface area contributed by atoms with Gasteiger partial charge in [-0.25, -0.2) is 13.2 Å². The molecule has 0 saturated heterocycles. The Bertz CT molecular complexity index is 2800.